The van der Waals surface area contributed by atoms with E-state index in [0.29, 0.717) is 5.69 Å². The summed E-state index contributed by atoms with van der Waals surface area (Å²) in [5.74, 6) is -2.52. The van der Waals surface area contributed by atoms with Crippen molar-refractivity contribution in [2.45, 2.75) is 6.92 Å². The highest BCUT2D eigenvalue weighted by atomic mass is 79.9. The van der Waals surface area contributed by atoms with Gasteiger partial charge in [-0.3, -0.25) is 4.79 Å². The summed E-state index contributed by atoms with van der Waals surface area (Å²) >= 11 is 3.26. The first-order valence-electron chi connectivity index (χ1n) is 5.50. The Bertz CT molecular complexity index is 626. The zero-order valence-corrected chi connectivity index (χ0v) is 11.6. The van der Waals surface area contributed by atoms with Gasteiger partial charge in [-0.15, -0.1) is 0 Å². The number of hydrogen-bond acceptors (Lipinski definition) is 1. The van der Waals surface area contributed by atoms with Crippen LogP contribution in [0.25, 0.3) is 0 Å². The molecule has 19 heavy (non-hydrogen) atoms. The number of amides is 1. The molecule has 2 aromatic rings. The molecule has 0 saturated heterocycles. The molecule has 0 aliphatic heterocycles. The van der Waals surface area contributed by atoms with Gasteiger partial charge in [-0.2, -0.15) is 0 Å². The molecule has 0 aromatic heterocycles. The van der Waals surface area contributed by atoms with Gasteiger partial charge in [0.05, 0.1) is 0 Å². The van der Waals surface area contributed by atoms with E-state index < -0.39 is 23.1 Å². The van der Waals surface area contributed by atoms with Crippen molar-refractivity contribution in [2.24, 2.45) is 0 Å². The van der Waals surface area contributed by atoms with Crippen LogP contribution in [-0.2, 0) is 0 Å². The number of halogens is 3. The van der Waals surface area contributed by atoms with E-state index >= 15 is 0 Å². The second kappa shape index (κ2) is 5.48. The van der Waals surface area contributed by atoms with Crippen LogP contribution < -0.4 is 5.32 Å². The maximum Gasteiger partial charge on any atom is 0.261 e. The zero-order chi connectivity index (χ0) is 14.0. The number of nitrogens with one attached hydrogen (secondary N) is 1. The van der Waals surface area contributed by atoms with Gasteiger partial charge in [0.2, 0.25) is 0 Å². The second-order valence-corrected chi connectivity index (χ2v) is 4.93. The molecule has 5 heteroatoms. The van der Waals surface area contributed by atoms with E-state index in [1.807, 2.05) is 0 Å². The number of hydrogen-bond donors (Lipinski definition) is 1. The topological polar surface area (TPSA) is 29.1 Å². The molecule has 0 radical (unpaired) electrons. The molecule has 1 amide bonds. The number of anilines is 1. The van der Waals surface area contributed by atoms with Crippen molar-refractivity contribution in [1.82, 2.24) is 0 Å². The van der Waals surface area contributed by atoms with E-state index in [9.17, 15) is 13.6 Å². The minimum Gasteiger partial charge on any atom is -0.322 e. The van der Waals surface area contributed by atoms with Crippen LogP contribution in [0.4, 0.5) is 14.5 Å². The molecule has 0 heterocycles. The van der Waals surface area contributed by atoms with Crippen LogP contribution >= 0.6 is 15.9 Å². The number of rotatable bonds is 2. The van der Waals surface area contributed by atoms with Crippen molar-refractivity contribution in [1.29, 1.82) is 0 Å². The van der Waals surface area contributed by atoms with Crippen LogP contribution in [0.15, 0.2) is 40.9 Å². The lowest BCUT2D eigenvalue weighted by molar-refractivity contribution is 0.101. The van der Waals surface area contributed by atoms with E-state index in [1.165, 1.54) is 13.0 Å². The van der Waals surface area contributed by atoms with E-state index in [0.717, 1.165) is 10.5 Å². The predicted molar refractivity (Wildman–Crippen MR) is 73.2 cm³/mol. The van der Waals surface area contributed by atoms with E-state index in [-0.39, 0.29) is 5.56 Å². The van der Waals surface area contributed by atoms with Crippen LogP contribution in [0.2, 0.25) is 0 Å². The van der Waals surface area contributed by atoms with Crippen LogP contribution in [0.3, 0.4) is 0 Å². The van der Waals surface area contributed by atoms with Crippen molar-refractivity contribution in [2.75, 3.05) is 5.32 Å². The molecule has 0 saturated carbocycles. The maximum absolute atomic E-state index is 13.8. The van der Waals surface area contributed by atoms with E-state index in [4.69, 9.17) is 0 Å². The molecular weight excluding hydrogens is 316 g/mol. The van der Waals surface area contributed by atoms with Gasteiger partial charge in [-0.1, -0.05) is 22.0 Å². The quantitative estimate of drug-likeness (QED) is 0.876. The Morgan fingerprint density at radius 3 is 2.37 bits per heavy atom. The van der Waals surface area contributed by atoms with Gasteiger partial charge in [0.1, 0.15) is 17.2 Å². The number of carbonyl (C=O) groups is 1. The number of benzene rings is 2. The Morgan fingerprint density at radius 1 is 1.11 bits per heavy atom. The SMILES string of the molecule is Cc1ccc(F)c(C(=O)Nc2ccc(Br)cc2)c1F. The zero-order valence-electron chi connectivity index (χ0n) is 10.0. The third-order valence-electron chi connectivity index (χ3n) is 2.61. The smallest absolute Gasteiger partial charge is 0.261 e. The van der Waals surface area contributed by atoms with E-state index in [1.54, 1.807) is 24.3 Å². The highest BCUT2D eigenvalue weighted by Crippen LogP contribution is 2.19. The van der Waals surface area contributed by atoms with Gasteiger partial charge in [0.25, 0.3) is 5.91 Å². The molecule has 2 nitrogen and oxygen atoms in total. The van der Waals surface area contributed by atoms with Crippen molar-refractivity contribution >= 4 is 27.5 Å². The lowest BCUT2D eigenvalue weighted by Gasteiger charge is -2.08. The average Bonchev–Trinajstić information content (AvgIpc) is 2.37. The molecule has 0 atom stereocenters. The van der Waals surface area contributed by atoms with E-state index in [2.05, 4.69) is 21.2 Å². The van der Waals surface area contributed by atoms with Gasteiger partial charge in [0.15, 0.2) is 0 Å². The van der Waals surface area contributed by atoms with Gasteiger partial charge in [0, 0.05) is 10.2 Å². The summed E-state index contributed by atoms with van der Waals surface area (Å²) < 4.78 is 28.2. The standard InChI is InChI=1S/C14H10BrF2NO/c1-8-2-7-11(16)12(13(8)17)14(19)18-10-5-3-9(15)4-6-10/h2-7H,1H3,(H,18,19). The van der Waals surface area contributed by atoms with Crippen molar-refractivity contribution in [3.63, 3.8) is 0 Å². The molecule has 2 aromatic carbocycles. The Morgan fingerprint density at radius 2 is 1.74 bits per heavy atom. The van der Waals surface area contributed by atoms with Crippen LogP contribution in [-0.4, -0.2) is 5.91 Å². The summed E-state index contributed by atoms with van der Waals surface area (Å²) in [5.41, 5.74) is 0.124. The summed E-state index contributed by atoms with van der Waals surface area (Å²) in [7, 11) is 0. The molecular formula is C14H10BrF2NO. The fourth-order valence-electron chi connectivity index (χ4n) is 1.59. The average molecular weight is 326 g/mol. The molecule has 0 spiro atoms. The largest absolute Gasteiger partial charge is 0.322 e. The summed E-state index contributed by atoms with van der Waals surface area (Å²) in [6.07, 6.45) is 0. The first-order chi connectivity index (χ1) is 8.99. The molecule has 0 fully saturated rings. The molecule has 1 N–H and O–H groups in total. The fourth-order valence-corrected chi connectivity index (χ4v) is 1.86. The monoisotopic (exact) mass is 325 g/mol. The third kappa shape index (κ3) is 2.98. The lowest BCUT2D eigenvalue weighted by Crippen LogP contribution is -2.16. The first-order valence-corrected chi connectivity index (χ1v) is 6.30. The van der Waals surface area contributed by atoms with Crippen molar-refractivity contribution < 1.29 is 13.6 Å². The minimum atomic E-state index is -0.877. The highest BCUT2D eigenvalue weighted by Gasteiger charge is 2.19. The van der Waals surface area contributed by atoms with Gasteiger partial charge in [-0.25, -0.2) is 8.78 Å². The van der Waals surface area contributed by atoms with Gasteiger partial charge in [-0.05, 0) is 42.8 Å². The number of aryl methyl sites for hydroxylation is 1. The second-order valence-electron chi connectivity index (χ2n) is 4.01. The van der Waals surface area contributed by atoms with Gasteiger partial charge >= 0.3 is 0 Å². The fraction of sp³-hybridized carbons (Fsp3) is 0.0714. The lowest BCUT2D eigenvalue weighted by atomic mass is 10.1. The molecule has 0 unspecified atom stereocenters. The Labute approximate surface area is 117 Å². The highest BCUT2D eigenvalue weighted by molar-refractivity contribution is 9.10. The Hall–Kier alpha value is -1.75. The normalized spacial score (nSPS) is 10.3. The molecule has 98 valence electrons. The minimum absolute atomic E-state index is 0.224. The predicted octanol–water partition coefficient (Wildman–Crippen LogP) is 4.29. The molecule has 2 rings (SSSR count). The third-order valence-corrected chi connectivity index (χ3v) is 3.14. The summed E-state index contributed by atoms with van der Waals surface area (Å²) in [4.78, 5) is 11.9. The Balaban J connectivity index is 2.30. The summed E-state index contributed by atoms with van der Waals surface area (Å²) in [6.45, 7) is 1.48. The molecule has 0 bridgehead atoms. The first kappa shape index (κ1) is 13.7. The summed E-state index contributed by atoms with van der Waals surface area (Å²) in [5, 5.41) is 2.45. The van der Waals surface area contributed by atoms with Crippen molar-refractivity contribution in [3.05, 3.63) is 63.6 Å². The van der Waals surface area contributed by atoms with Gasteiger partial charge < -0.3 is 5.32 Å². The van der Waals surface area contributed by atoms with Crippen LogP contribution in [0, 0.1) is 18.6 Å². The molecule has 0 aliphatic carbocycles. The summed E-state index contributed by atoms with van der Waals surface area (Å²) in [6, 6.07) is 9.08. The van der Waals surface area contributed by atoms with Crippen LogP contribution in [0.1, 0.15) is 15.9 Å². The molecule has 0 aliphatic rings. The maximum atomic E-state index is 13.8. The Kier molecular flexibility index (Phi) is 3.95. The van der Waals surface area contributed by atoms with Crippen molar-refractivity contribution in [3.8, 4) is 0 Å². The number of carbonyl (C=O) groups excluding carboxylic acids is 1. The van der Waals surface area contributed by atoms with Crippen LogP contribution in [0.5, 0.6) is 0 Å².